The number of aromatic nitrogens is 2. The number of piperidine rings is 1. The number of carbonyl (C=O) groups excluding carboxylic acids is 2. The van der Waals surface area contributed by atoms with Gasteiger partial charge < -0.3 is 9.80 Å². The van der Waals surface area contributed by atoms with Crippen LogP contribution in [-0.2, 0) is 9.59 Å². The number of rotatable bonds is 2. The summed E-state index contributed by atoms with van der Waals surface area (Å²) in [5, 5.41) is 7.05. The van der Waals surface area contributed by atoms with Crippen LogP contribution in [0.4, 0.5) is 0 Å². The SMILES string of the molecule is C[C@]12CCC(=O)N1[C@@H](C(=O)N1CCC[C@H](c3ccn[nH]3)C1)CS2. The molecule has 2 amide bonds. The number of carbonyl (C=O) groups is 2. The van der Waals surface area contributed by atoms with Crippen LogP contribution in [0, 0.1) is 0 Å². The van der Waals surface area contributed by atoms with Gasteiger partial charge >= 0.3 is 0 Å². The molecule has 1 aromatic rings. The number of hydrogen-bond donors (Lipinski definition) is 1. The fourth-order valence-electron chi connectivity index (χ4n) is 4.14. The second-order valence-electron chi connectivity index (χ2n) is 6.90. The highest BCUT2D eigenvalue weighted by Crippen LogP contribution is 2.47. The minimum atomic E-state index is -0.277. The summed E-state index contributed by atoms with van der Waals surface area (Å²) in [6.07, 6.45) is 5.27. The zero-order valence-corrected chi connectivity index (χ0v) is 14.1. The number of aromatic amines is 1. The van der Waals surface area contributed by atoms with Gasteiger partial charge in [0.25, 0.3) is 0 Å². The van der Waals surface area contributed by atoms with E-state index in [1.807, 2.05) is 15.9 Å². The summed E-state index contributed by atoms with van der Waals surface area (Å²) in [6, 6.07) is 1.71. The van der Waals surface area contributed by atoms with Gasteiger partial charge in [-0.05, 0) is 32.3 Å². The first-order chi connectivity index (χ1) is 11.1. The lowest BCUT2D eigenvalue weighted by Crippen LogP contribution is -2.53. The average Bonchev–Trinajstić information content (AvgIpc) is 3.25. The molecule has 0 bridgehead atoms. The minimum Gasteiger partial charge on any atom is -0.340 e. The van der Waals surface area contributed by atoms with Crippen molar-refractivity contribution in [3.8, 4) is 0 Å². The molecule has 3 saturated heterocycles. The molecule has 4 rings (SSSR count). The third-order valence-corrected chi connectivity index (χ3v) is 6.93. The Bertz CT molecular complexity index is 620. The van der Waals surface area contributed by atoms with Crippen LogP contribution in [0.2, 0.25) is 0 Å². The molecule has 23 heavy (non-hydrogen) atoms. The highest BCUT2D eigenvalue weighted by Gasteiger charge is 2.53. The van der Waals surface area contributed by atoms with Crippen LogP contribution < -0.4 is 0 Å². The number of thioether (sulfide) groups is 1. The van der Waals surface area contributed by atoms with E-state index in [1.54, 1.807) is 18.0 Å². The van der Waals surface area contributed by atoms with Crippen LogP contribution in [0.15, 0.2) is 12.3 Å². The summed E-state index contributed by atoms with van der Waals surface area (Å²) in [7, 11) is 0. The molecule has 0 spiro atoms. The van der Waals surface area contributed by atoms with Crippen LogP contribution in [-0.4, -0.2) is 61.6 Å². The van der Waals surface area contributed by atoms with Gasteiger partial charge in [-0.2, -0.15) is 5.10 Å². The Hall–Kier alpha value is -1.50. The molecule has 1 aromatic heterocycles. The van der Waals surface area contributed by atoms with Gasteiger partial charge in [-0.15, -0.1) is 11.8 Å². The fraction of sp³-hybridized carbons (Fsp3) is 0.688. The molecule has 1 N–H and O–H groups in total. The van der Waals surface area contributed by atoms with Gasteiger partial charge in [0.1, 0.15) is 6.04 Å². The number of H-pyrrole nitrogens is 1. The molecule has 0 saturated carbocycles. The van der Waals surface area contributed by atoms with Gasteiger partial charge in [0.05, 0.1) is 4.87 Å². The van der Waals surface area contributed by atoms with E-state index in [0.717, 1.165) is 43.8 Å². The van der Waals surface area contributed by atoms with E-state index in [4.69, 9.17) is 0 Å². The molecule has 0 radical (unpaired) electrons. The molecule has 3 aliphatic rings. The first-order valence-electron chi connectivity index (χ1n) is 8.33. The average molecular weight is 334 g/mol. The Labute approximate surface area is 140 Å². The molecule has 4 heterocycles. The lowest BCUT2D eigenvalue weighted by atomic mass is 9.94. The molecule has 3 atom stereocenters. The molecule has 6 nitrogen and oxygen atoms in total. The third-order valence-electron chi connectivity index (χ3n) is 5.43. The molecule has 3 aliphatic heterocycles. The van der Waals surface area contributed by atoms with E-state index in [9.17, 15) is 9.59 Å². The summed E-state index contributed by atoms with van der Waals surface area (Å²) in [5.41, 5.74) is 1.10. The van der Waals surface area contributed by atoms with Crippen molar-refractivity contribution >= 4 is 23.6 Å². The first kappa shape index (κ1) is 15.1. The molecule has 7 heteroatoms. The standard InChI is InChI=1S/C16H22N4O2S/c1-16-6-4-14(21)20(16)13(10-23-16)15(22)19-8-2-3-11(9-19)12-5-7-17-18-12/h5,7,11,13H,2-4,6,8-10H2,1H3,(H,17,18)/t11-,13+,16-/m0/s1. The lowest BCUT2D eigenvalue weighted by molar-refractivity contribution is -0.144. The maximum absolute atomic E-state index is 13.0. The smallest absolute Gasteiger partial charge is 0.246 e. The number of nitrogens with one attached hydrogen (secondary N) is 1. The van der Waals surface area contributed by atoms with Gasteiger partial charge in [-0.1, -0.05) is 0 Å². The molecule has 0 aliphatic carbocycles. The van der Waals surface area contributed by atoms with Crippen LogP contribution in [0.1, 0.15) is 44.2 Å². The Morgan fingerprint density at radius 2 is 2.39 bits per heavy atom. The predicted octanol–water partition coefficient (Wildman–Crippen LogP) is 1.57. The minimum absolute atomic E-state index is 0.126. The van der Waals surface area contributed by atoms with Crippen LogP contribution in [0.3, 0.4) is 0 Å². The van der Waals surface area contributed by atoms with Crippen molar-refractivity contribution in [2.24, 2.45) is 0 Å². The third kappa shape index (κ3) is 2.45. The second-order valence-corrected chi connectivity index (χ2v) is 8.40. The van der Waals surface area contributed by atoms with Gasteiger partial charge in [-0.25, -0.2) is 0 Å². The van der Waals surface area contributed by atoms with Crippen LogP contribution in [0.25, 0.3) is 0 Å². The topological polar surface area (TPSA) is 69.3 Å². The van der Waals surface area contributed by atoms with E-state index < -0.39 is 0 Å². The van der Waals surface area contributed by atoms with E-state index in [2.05, 4.69) is 17.1 Å². The summed E-state index contributed by atoms with van der Waals surface area (Å²) in [4.78, 5) is 28.9. The van der Waals surface area contributed by atoms with E-state index in [-0.39, 0.29) is 22.7 Å². The number of nitrogens with zero attached hydrogens (tertiary/aromatic N) is 3. The Morgan fingerprint density at radius 3 is 3.17 bits per heavy atom. The Balaban J connectivity index is 1.49. The zero-order chi connectivity index (χ0) is 16.0. The molecule has 3 fully saturated rings. The van der Waals surface area contributed by atoms with Crippen molar-refractivity contribution < 1.29 is 9.59 Å². The molecule has 0 unspecified atom stereocenters. The van der Waals surface area contributed by atoms with Crippen molar-refractivity contribution in [2.45, 2.75) is 49.4 Å². The second kappa shape index (κ2) is 5.54. The molecule has 124 valence electrons. The van der Waals surface area contributed by atoms with Crippen molar-refractivity contribution in [2.75, 3.05) is 18.8 Å². The fourth-order valence-corrected chi connectivity index (χ4v) is 5.56. The Morgan fingerprint density at radius 1 is 1.52 bits per heavy atom. The van der Waals surface area contributed by atoms with E-state index >= 15 is 0 Å². The van der Waals surface area contributed by atoms with Crippen molar-refractivity contribution in [1.82, 2.24) is 20.0 Å². The van der Waals surface area contributed by atoms with Crippen LogP contribution in [0.5, 0.6) is 0 Å². The monoisotopic (exact) mass is 334 g/mol. The zero-order valence-electron chi connectivity index (χ0n) is 13.3. The van der Waals surface area contributed by atoms with Crippen molar-refractivity contribution in [1.29, 1.82) is 0 Å². The molecular weight excluding hydrogens is 312 g/mol. The predicted molar refractivity (Wildman–Crippen MR) is 87.9 cm³/mol. The number of hydrogen-bond acceptors (Lipinski definition) is 4. The van der Waals surface area contributed by atoms with Gasteiger partial charge in [-0.3, -0.25) is 14.7 Å². The molecular formula is C16H22N4O2S. The van der Waals surface area contributed by atoms with Gasteiger partial charge in [0, 0.05) is 43.1 Å². The van der Waals surface area contributed by atoms with E-state index in [1.165, 1.54) is 0 Å². The first-order valence-corrected chi connectivity index (χ1v) is 9.31. The van der Waals surface area contributed by atoms with Crippen LogP contribution >= 0.6 is 11.8 Å². The van der Waals surface area contributed by atoms with E-state index in [0.29, 0.717) is 12.3 Å². The number of fused-ring (bicyclic) bond motifs is 1. The largest absolute Gasteiger partial charge is 0.340 e. The summed E-state index contributed by atoms with van der Waals surface area (Å²) < 4.78 is 0. The van der Waals surface area contributed by atoms with Gasteiger partial charge in [0.15, 0.2) is 0 Å². The maximum atomic E-state index is 13.0. The normalized spacial score (nSPS) is 34.0. The van der Waals surface area contributed by atoms with Crippen molar-refractivity contribution in [3.63, 3.8) is 0 Å². The molecule has 0 aromatic carbocycles. The highest BCUT2D eigenvalue weighted by atomic mass is 32.2. The quantitative estimate of drug-likeness (QED) is 0.891. The van der Waals surface area contributed by atoms with Gasteiger partial charge in [0.2, 0.25) is 11.8 Å². The number of amides is 2. The lowest BCUT2D eigenvalue weighted by Gasteiger charge is -2.37. The maximum Gasteiger partial charge on any atom is 0.246 e. The highest BCUT2D eigenvalue weighted by molar-refractivity contribution is 8.01. The summed E-state index contributed by atoms with van der Waals surface area (Å²) in [5.74, 6) is 1.32. The Kier molecular flexibility index (Phi) is 3.63. The summed E-state index contributed by atoms with van der Waals surface area (Å²) >= 11 is 1.76. The number of likely N-dealkylation sites (tertiary alicyclic amines) is 1. The summed E-state index contributed by atoms with van der Waals surface area (Å²) in [6.45, 7) is 3.61. The van der Waals surface area contributed by atoms with Crippen molar-refractivity contribution in [3.05, 3.63) is 18.0 Å².